The van der Waals surface area contributed by atoms with E-state index in [0.717, 1.165) is 24.8 Å². The maximum absolute atomic E-state index is 7.48. The van der Waals surface area contributed by atoms with Gasteiger partial charge in [-0.1, -0.05) is 13.3 Å². The second-order valence-electron chi connectivity index (χ2n) is 3.45. The summed E-state index contributed by atoms with van der Waals surface area (Å²) in [5.74, 6) is 1.58. The Balaban J connectivity index is 2.39. The molecule has 1 fully saturated rings. The molecule has 1 aliphatic heterocycles. The van der Waals surface area contributed by atoms with Gasteiger partial charge in [0.05, 0.1) is 5.84 Å². The Morgan fingerprint density at radius 2 is 2.36 bits per heavy atom. The molecule has 0 aromatic carbocycles. The average molecular weight is 154 g/mol. The maximum Gasteiger partial charge on any atom is 0.0925 e. The molecule has 1 aliphatic rings. The molecule has 1 saturated heterocycles. The highest BCUT2D eigenvalue weighted by molar-refractivity contribution is 5.76. The molecule has 1 heterocycles. The Bertz CT molecular complexity index is 142. The van der Waals surface area contributed by atoms with E-state index in [2.05, 4.69) is 11.8 Å². The van der Waals surface area contributed by atoms with Crippen LogP contribution in [-0.4, -0.2) is 23.8 Å². The number of hydrogen-bond acceptors (Lipinski definition) is 1. The number of rotatable bonds is 1. The fourth-order valence-electron chi connectivity index (χ4n) is 1.70. The first-order valence-corrected chi connectivity index (χ1v) is 4.54. The lowest BCUT2D eigenvalue weighted by molar-refractivity contribution is 0.251. The third-order valence-electron chi connectivity index (χ3n) is 2.57. The van der Waals surface area contributed by atoms with Gasteiger partial charge in [-0.05, 0) is 25.7 Å². The summed E-state index contributed by atoms with van der Waals surface area (Å²) in [5.41, 5.74) is 0. The first-order valence-electron chi connectivity index (χ1n) is 4.54. The second kappa shape index (κ2) is 3.74. The third-order valence-corrected chi connectivity index (χ3v) is 2.57. The van der Waals surface area contributed by atoms with Crippen LogP contribution >= 0.6 is 0 Å². The third kappa shape index (κ3) is 2.21. The first kappa shape index (κ1) is 8.57. The number of likely N-dealkylation sites (tertiary alicyclic amines) is 1. The quantitative estimate of drug-likeness (QED) is 0.454. The van der Waals surface area contributed by atoms with E-state index in [4.69, 9.17) is 5.41 Å². The summed E-state index contributed by atoms with van der Waals surface area (Å²) in [6.07, 6.45) is 3.90. The van der Waals surface area contributed by atoms with E-state index in [-0.39, 0.29) is 0 Å². The van der Waals surface area contributed by atoms with E-state index >= 15 is 0 Å². The predicted octanol–water partition coefficient (Wildman–Crippen LogP) is 2.11. The Labute approximate surface area is 69.1 Å². The van der Waals surface area contributed by atoms with Crippen molar-refractivity contribution in [2.24, 2.45) is 5.92 Å². The van der Waals surface area contributed by atoms with Crippen LogP contribution in [0.15, 0.2) is 0 Å². The molecule has 0 aliphatic carbocycles. The molecule has 64 valence electrons. The number of piperidine rings is 1. The summed E-state index contributed by atoms with van der Waals surface area (Å²) in [4.78, 5) is 2.19. The molecule has 1 unspecified atom stereocenters. The summed E-state index contributed by atoms with van der Waals surface area (Å²) >= 11 is 0. The average Bonchev–Trinajstić information content (AvgIpc) is 2.05. The lowest BCUT2D eigenvalue weighted by Gasteiger charge is -2.32. The zero-order valence-corrected chi connectivity index (χ0v) is 7.56. The molecule has 1 rings (SSSR count). The Morgan fingerprint density at radius 1 is 1.64 bits per heavy atom. The van der Waals surface area contributed by atoms with Crippen molar-refractivity contribution in [2.75, 3.05) is 13.1 Å². The van der Waals surface area contributed by atoms with Gasteiger partial charge in [0.25, 0.3) is 0 Å². The van der Waals surface area contributed by atoms with Crippen LogP contribution in [0.25, 0.3) is 0 Å². The summed E-state index contributed by atoms with van der Waals surface area (Å²) < 4.78 is 0. The highest BCUT2D eigenvalue weighted by Gasteiger charge is 2.17. The molecule has 2 heteroatoms. The Morgan fingerprint density at radius 3 is 2.91 bits per heavy atom. The highest BCUT2D eigenvalue weighted by atomic mass is 15.2. The van der Waals surface area contributed by atoms with Crippen molar-refractivity contribution in [2.45, 2.75) is 33.1 Å². The Hall–Kier alpha value is -0.530. The van der Waals surface area contributed by atoms with Crippen molar-refractivity contribution in [1.29, 1.82) is 5.41 Å². The van der Waals surface area contributed by atoms with E-state index in [1.54, 1.807) is 0 Å². The fourth-order valence-corrected chi connectivity index (χ4v) is 1.70. The van der Waals surface area contributed by atoms with E-state index in [9.17, 15) is 0 Å². The zero-order valence-electron chi connectivity index (χ0n) is 7.56. The van der Waals surface area contributed by atoms with Crippen LogP contribution in [0.2, 0.25) is 0 Å². The number of amidine groups is 1. The summed E-state index contributed by atoms with van der Waals surface area (Å²) in [6, 6.07) is 0. The number of nitrogens with one attached hydrogen (secondary N) is 1. The van der Waals surface area contributed by atoms with E-state index in [1.165, 1.54) is 19.3 Å². The smallest absolute Gasteiger partial charge is 0.0925 e. The van der Waals surface area contributed by atoms with E-state index < -0.39 is 0 Å². The molecule has 1 N–H and O–H groups in total. The van der Waals surface area contributed by atoms with Gasteiger partial charge in [-0.2, -0.15) is 0 Å². The molecule has 0 aromatic heterocycles. The summed E-state index contributed by atoms with van der Waals surface area (Å²) in [6.45, 7) is 6.35. The minimum absolute atomic E-state index is 0.739. The van der Waals surface area contributed by atoms with Crippen LogP contribution in [0.4, 0.5) is 0 Å². The zero-order chi connectivity index (χ0) is 8.27. The van der Waals surface area contributed by atoms with Crippen molar-refractivity contribution in [3.8, 4) is 0 Å². The molecular weight excluding hydrogens is 136 g/mol. The van der Waals surface area contributed by atoms with Crippen molar-refractivity contribution >= 4 is 5.84 Å². The molecule has 1 atom stereocenters. The Kier molecular flexibility index (Phi) is 2.92. The lowest BCUT2D eigenvalue weighted by Crippen LogP contribution is -2.37. The van der Waals surface area contributed by atoms with Crippen molar-refractivity contribution < 1.29 is 0 Å². The molecule has 0 aromatic rings. The minimum atomic E-state index is 0.739. The molecule has 0 amide bonds. The van der Waals surface area contributed by atoms with E-state index in [1.807, 2.05) is 6.92 Å². The highest BCUT2D eigenvalue weighted by Crippen LogP contribution is 2.18. The van der Waals surface area contributed by atoms with Crippen LogP contribution in [0.1, 0.15) is 33.1 Å². The van der Waals surface area contributed by atoms with Gasteiger partial charge in [0.15, 0.2) is 0 Å². The van der Waals surface area contributed by atoms with Crippen molar-refractivity contribution in [3.63, 3.8) is 0 Å². The van der Waals surface area contributed by atoms with Gasteiger partial charge in [-0.15, -0.1) is 0 Å². The largest absolute Gasteiger partial charge is 0.361 e. The normalized spacial score (nSPS) is 25.3. The SMILES string of the molecule is CCC1CCCN(C(C)=N)C1. The van der Waals surface area contributed by atoms with Crippen LogP contribution in [-0.2, 0) is 0 Å². The van der Waals surface area contributed by atoms with Gasteiger partial charge in [-0.3, -0.25) is 5.41 Å². The molecule has 11 heavy (non-hydrogen) atoms. The topological polar surface area (TPSA) is 27.1 Å². The van der Waals surface area contributed by atoms with Crippen molar-refractivity contribution in [1.82, 2.24) is 4.90 Å². The van der Waals surface area contributed by atoms with Gasteiger partial charge in [0, 0.05) is 13.1 Å². The lowest BCUT2D eigenvalue weighted by atomic mass is 9.96. The first-order chi connectivity index (χ1) is 5.24. The van der Waals surface area contributed by atoms with Crippen LogP contribution in [0.3, 0.4) is 0 Å². The van der Waals surface area contributed by atoms with E-state index in [0.29, 0.717) is 0 Å². The predicted molar refractivity (Wildman–Crippen MR) is 48.0 cm³/mol. The molecular formula is C9H18N2. The second-order valence-corrected chi connectivity index (χ2v) is 3.45. The monoisotopic (exact) mass is 154 g/mol. The fraction of sp³-hybridized carbons (Fsp3) is 0.889. The summed E-state index contributed by atoms with van der Waals surface area (Å²) in [7, 11) is 0. The van der Waals surface area contributed by atoms with Crippen molar-refractivity contribution in [3.05, 3.63) is 0 Å². The van der Waals surface area contributed by atoms with Gasteiger partial charge in [0.1, 0.15) is 0 Å². The van der Waals surface area contributed by atoms with Gasteiger partial charge >= 0.3 is 0 Å². The minimum Gasteiger partial charge on any atom is -0.361 e. The number of nitrogens with zero attached hydrogens (tertiary/aromatic N) is 1. The number of hydrogen-bond donors (Lipinski definition) is 1. The van der Waals surface area contributed by atoms with Crippen LogP contribution in [0.5, 0.6) is 0 Å². The summed E-state index contributed by atoms with van der Waals surface area (Å²) in [5, 5.41) is 7.48. The molecule has 0 saturated carbocycles. The molecule has 0 spiro atoms. The van der Waals surface area contributed by atoms with Crippen LogP contribution < -0.4 is 0 Å². The van der Waals surface area contributed by atoms with Gasteiger partial charge < -0.3 is 4.90 Å². The maximum atomic E-state index is 7.48. The van der Waals surface area contributed by atoms with Gasteiger partial charge in [0.2, 0.25) is 0 Å². The van der Waals surface area contributed by atoms with Gasteiger partial charge in [-0.25, -0.2) is 0 Å². The molecule has 0 radical (unpaired) electrons. The standard InChI is InChI=1S/C9H18N2/c1-3-9-5-4-6-11(7-9)8(2)10/h9-10H,3-7H2,1-2H3. The molecule has 2 nitrogen and oxygen atoms in total. The van der Waals surface area contributed by atoms with Crippen LogP contribution in [0, 0.1) is 11.3 Å². The molecule has 0 bridgehead atoms.